The van der Waals surface area contributed by atoms with E-state index in [0.717, 1.165) is 6.42 Å². The van der Waals surface area contributed by atoms with Gasteiger partial charge in [0.2, 0.25) is 0 Å². The van der Waals surface area contributed by atoms with Crippen molar-refractivity contribution in [1.82, 2.24) is 5.32 Å². The minimum Gasteiger partial charge on any atom is -0.325 e. The first-order chi connectivity index (χ1) is 7.83. The Hall–Kier alpha value is -0.860. The molecule has 2 heteroatoms. The number of nitrogens with two attached hydrogens (primary N) is 1. The van der Waals surface area contributed by atoms with Gasteiger partial charge in [-0.25, -0.2) is 0 Å². The molecule has 0 spiro atoms. The molecule has 0 aliphatic rings. The topological polar surface area (TPSA) is 38.0 Å². The summed E-state index contributed by atoms with van der Waals surface area (Å²) in [7, 11) is 1.99. The number of nitrogens with one attached hydrogen (secondary N) is 1. The maximum Gasteiger partial charge on any atom is 0.0334 e. The van der Waals surface area contributed by atoms with Crippen LogP contribution in [0.4, 0.5) is 0 Å². The molecule has 0 bridgehead atoms. The Bertz CT molecular complexity index is 333. The fraction of sp³-hybridized carbons (Fsp3) is 0.600. The highest BCUT2D eigenvalue weighted by Crippen LogP contribution is 2.24. The third kappa shape index (κ3) is 4.49. The molecule has 0 aliphatic heterocycles. The monoisotopic (exact) mass is 234 g/mol. The highest BCUT2D eigenvalue weighted by atomic mass is 14.9. The Morgan fingerprint density at radius 1 is 1.12 bits per heavy atom. The van der Waals surface area contributed by atoms with E-state index in [9.17, 15) is 0 Å². The highest BCUT2D eigenvalue weighted by Gasteiger charge is 2.19. The average molecular weight is 234 g/mol. The van der Waals surface area contributed by atoms with E-state index in [1.165, 1.54) is 11.1 Å². The molecule has 1 atom stereocenters. The molecule has 1 unspecified atom stereocenters. The number of hydrogen-bond donors (Lipinski definition) is 2. The summed E-state index contributed by atoms with van der Waals surface area (Å²) in [5, 5.41) is 3.34. The highest BCUT2D eigenvalue weighted by molar-refractivity contribution is 5.27. The summed E-state index contributed by atoms with van der Waals surface area (Å²) in [6.07, 6.45) is 0.935. The van der Waals surface area contributed by atoms with E-state index in [1.807, 2.05) is 7.05 Å². The van der Waals surface area contributed by atoms with Crippen molar-refractivity contribution in [2.45, 2.75) is 51.6 Å². The first-order valence-corrected chi connectivity index (χ1v) is 6.39. The van der Waals surface area contributed by atoms with Gasteiger partial charge in [0.1, 0.15) is 0 Å². The third-order valence-electron chi connectivity index (χ3n) is 3.08. The number of rotatable bonds is 5. The lowest BCUT2D eigenvalue weighted by Crippen LogP contribution is -2.36. The zero-order valence-electron chi connectivity index (χ0n) is 11.7. The molecule has 0 saturated heterocycles. The molecule has 0 aromatic heterocycles. The second-order valence-corrected chi connectivity index (χ2v) is 5.86. The van der Waals surface area contributed by atoms with Gasteiger partial charge in [-0.1, -0.05) is 38.1 Å². The summed E-state index contributed by atoms with van der Waals surface area (Å²) in [5.41, 5.74) is 8.64. The molecule has 2 nitrogen and oxygen atoms in total. The Kier molecular flexibility index (Phi) is 4.72. The first-order valence-electron chi connectivity index (χ1n) is 6.39. The van der Waals surface area contributed by atoms with E-state index in [1.54, 1.807) is 0 Å². The number of benzene rings is 1. The van der Waals surface area contributed by atoms with E-state index in [2.05, 4.69) is 57.3 Å². The van der Waals surface area contributed by atoms with Crippen LogP contribution in [-0.2, 0) is 0 Å². The van der Waals surface area contributed by atoms with Crippen LogP contribution in [0.3, 0.4) is 0 Å². The lowest BCUT2D eigenvalue weighted by molar-refractivity contribution is 0.396. The molecule has 17 heavy (non-hydrogen) atoms. The summed E-state index contributed by atoms with van der Waals surface area (Å²) in [6, 6.07) is 9.18. The summed E-state index contributed by atoms with van der Waals surface area (Å²) in [5.74, 6) is 0.586. The molecule has 3 N–H and O–H groups in total. The zero-order chi connectivity index (χ0) is 13.1. The van der Waals surface area contributed by atoms with Gasteiger partial charge in [-0.15, -0.1) is 0 Å². The smallest absolute Gasteiger partial charge is 0.0334 e. The van der Waals surface area contributed by atoms with Gasteiger partial charge in [-0.05, 0) is 44.4 Å². The average Bonchev–Trinajstić information content (AvgIpc) is 2.25. The van der Waals surface area contributed by atoms with Crippen LogP contribution < -0.4 is 11.1 Å². The van der Waals surface area contributed by atoms with E-state index in [-0.39, 0.29) is 5.54 Å². The predicted octanol–water partition coefficient (Wildman–Crippen LogP) is 3.20. The summed E-state index contributed by atoms with van der Waals surface area (Å²) >= 11 is 0. The van der Waals surface area contributed by atoms with E-state index >= 15 is 0 Å². The molecular formula is C15H26N2. The summed E-state index contributed by atoms with van der Waals surface area (Å²) in [4.78, 5) is 0. The van der Waals surface area contributed by atoms with E-state index < -0.39 is 0 Å². The number of hydrogen-bond acceptors (Lipinski definition) is 2. The van der Waals surface area contributed by atoms with Crippen LogP contribution in [0.25, 0.3) is 0 Å². The van der Waals surface area contributed by atoms with Crippen molar-refractivity contribution in [3.05, 3.63) is 35.4 Å². The molecule has 0 aliphatic carbocycles. The Balaban J connectivity index is 2.82. The summed E-state index contributed by atoms with van der Waals surface area (Å²) in [6.45, 7) is 8.57. The largest absolute Gasteiger partial charge is 0.325 e. The van der Waals surface area contributed by atoms with Crippen molar-refractivity contribution < 1.29 is 0 Å². The maximum atomic E-state index is 6.09. The second-order valence-electron chi connectivity index (χ2n) is 5.86. The predicted molar refractivity (Wildman–Crippen MR) is 75.2 cm³/mol. The molecule has 1 rings (SSSR count). The Morgan fingerprint density at radius 2 is 1.59 bits per heavy atom. The van der Waals surface area contributed by atoms with Crippen LogP contribution in [0.5, 0.6) is 0 Å². The van der Waals surface area contributed by atoms with Crippen molar-refractivity contribution in [1.29, 1.82) is 0 Å². The molecule has 0 amide bonds. The molecule has 0 fully saturated rings. The van der Waals surface area contributed by atoms with Gasteiger partial charge < -0.3 is 11.1 Å². The van der Waals surface area contributed by atoms with Crippen molar-refractivity contribution in [2.75, 3.05) is 7.05 Å². The van der Waals surface area contributed by atoms with Crippen molar-refractivity contribution in [3.8, 4) is 0 Å². The lowest BCUT2D eigenvalue weighted by Gasteiger charge is -2.26. The van der Waals surface area contributed by atoms with Crippen molar-refractivity contribution >= 4 is 0 Å². The van der Waals surface area contributed by atoms with Crippen LogP contribution in [0, 0.1) is 0 Å². The van der Waals surface area contributed by atoms with E-state index in [0.29, 0.717) is 12.0 Å². The van der Waals surface area contributed by atoms with Gasteiger partial charge in [0.25, 0.3) is 0 Å². The zero-order valence-corrected chi connectivity index (χ0v) is 11.7. The fourth-order valence-electron chi connectivity index (χ4n) is 2.03. The second kappa shape index (κ2) is 5.65. The lowest BCUT2D eigenvalue weighted by atomic mass is 9.91. The van der Waals surface area contributed by atoms with Crippen molar-refractivity contribution in [3.63, 3.8) is 0 Å². The fourth-order valence-corrected chi connectivity index (χ4v) is 2.03. The normalized spacial score (nSPS) is 14.1. The molecular weight excluding hydrogens is 208 g/mol. The SMILES string of the molecule is CNC(CC(C)(C)N)c1ccc(C(C)C)cc1. The van der Waals surface area contributed by atoms with Crippen LogP contribution in [0.15, 0.2) is 24.3 Å². The van der Waals surface area contributed by atoms with Crippen LogP contribution in [-0.4, -0.2) is 12.6 Å². The Labute approximate surface area is 106 Å². The van der Waals surface area contributed by atoms with Crippen LogP contribution in [0.1, 0.15) is 57.2 Å². The molecule has 0 saturated carbocycles. The Morgan fingerprint density at radius 3 is 1.94 bits per heavy atom. The van der Waals surface area contributed by atoms with Crippen LogP contribution in [0.2, 0.25) is 0 Å². The maximum absolute atomic E-state index is 6.09. The summed E-state index contributed by atoms with van der Waals surface area (Å²) < 4.78 is 0. The standard InChI is InChI=1S/C15H26N2/c1-11(2)12-6-8-13(9-7-12)14(17-5)10-15(3,4)16/h6-9,11,14,17H,10,16H2,1-5H3. The van der Waals surface area contributed by atoms with Crippen LogP contribution >= 0.6 is 0 Å². The molecule has 0 heterocycles. The molecule has 96 valence electrons. The quantitative estimate of drug-likeness (QED) is 0.821. The van der Waals surface area contributed by atoms with Gasteiger partial charge >= 0.3 is 0 Å². The van der Waals surface area contributed by atoms with Gasteiger partial charge in [-0.3, -0.25) is 0 Å². The molecule has 0 radical (unpaired) electrons. The van der Waals surface area contributed by atoms with E-state index in [4.69, 9.17) is 5.73 Å². The first kappa shape index (κ1) is 14.2. The molecule has 1 aromatic rings. The van der Waals surface area contributed by atoms with Gasteiger partial charge in [0.15, 0.2) is 0 Å². The minimum atomic E-state index is -0.148. The van der Waals surface area contributed by atoms with Gasteiger partial charge in [-0.2, -0.15) is 0 Å². The molecule has 1 aromatic carbocycles. The van der Waals surface area contributed by atoms with Crippen molar-refractivity contribution in [2.24, 2.45) is 5.73 Å². The van der Waals surface area contributed by atoms with Gasteiger partial charge in [0.05, 0.1) is 0 Å². The third-order valence-corrected chi connectivity index (χ3v) is 3.08. The minimum absolute atomic E-state index is 0.148. The van der Waals surface area contributed by atoms with Gasteiger partial charge in [0, 0.05) is 11.6 Å².